The van der Waals surface area contributed by atoms with Crippen LogP contribution < -0.4 is 4.90 Å². The van der Waals surface area contributed by atoms with Gasteiger partial charge < -0.3 is 4.90 Å². The molecule has 1 nitrogen and oxygen atoms in total. The second-order valence-corrected chi connectivity index (χ2v) is 23.3. The Morgan fingerprint density at radius 3 is 1.49 bits per heavy atom. The summed E-state index contributed by atoms with van der Waals surface area (Å²) in [5.74, 6) is 8.61. The third-order valence-corrected chi connectivity index (χ3v) is 19.9. The summed E-state index contributed by atoms with van der Waals surface area (Å²) in [5.41, 5.74) is 20.6. The van der Waals surface area contributed by atoms with Crippen LogP contribution in [0, 0.1) is 47.3 Å². The molecule has 8 fully saturated rings. The van der Waals surface area contributed by atoms with Crippen molar-refractivity contribution < 1.29 is 0 Å². The Bertz CT molecular complexity index is 3180. The highest BCUT2D eigenvalue weighted by atomic mass is 15.1. The van der Waals surface area contributed by atoms with E-state index in [0.717, 1.165) is 47.3 Å². The Morgan fingerprint density at radius 1 is 0.353 bits per heavy atom. The van der Waals surface area contributed by atoms with Crippen LogP contribution >= 0.6 is 0 Å². The van der Waals surface area contributed by atoms with E-state index in [2.05, 4.69) is 181 Å². The van der Waals surface area contributed by atoms with Crippen LogP contribution in [0.4, 0.5) is 17.1 Å². The van der Waals surface area contributed by atoms with Gasteiger partial charge in [-0.15, -0.1) is 0 Å². The largest absolute Gasteiger partial charge is 0.310 e. The lowest BCUT2D eigenvalue weighted by Crippen LogP contribution is -2.43. The molecular formula is C67H59N. The standard InChI is InChI=1S/C67H59N/c1-2-12-52(13-3-1)68(53-24-20-45(21-25-53)55-16-8-11-44-10-4-5-14-54(44)55)63-19-9-18-60-66(63)58-15-6-7-17-59(58)67(60)61-38-46(64-48-30-40-28-41(32-48)33-49(64)31-40)22-26-56(61)57-27-23-47(39-62(57)67)65-50-34-42-29-43(36-50)37-51(65)35-42/h1-27,38-43,48-51,64-65H,28-37H2. The normalized spacial score (nSPS) is 30.4. The molecular weight excluding hydrogens is 819 g/mol. The van der Waals surface area contributed by atoms with Crippen LogP contribution in [-0.4, -0.2) is 0 Å². The Kier molecular flexibility index (Phi) is 8.22. The molecule has 8 aromatic carbocycles. The van der Waals surface area contributed by atoms with Crippen molar-refractivity contribution in [2.75, 3.05) is 4.90 Å². The van der Waals surface area contributed by atoms with Gasteiger partial charge in [-0.2, -0.15) is 0 Å². The van der Waals surface area contributed by atoms with Gasteiger partial charge in [0.15, 0.2) is 0 Å². The van der Waals surface area contributed by atoms with Crippen LogP contribution in [0.2, 0.25) is 0 Å². The van der Waals surface area contributed by atoms with Gasteiger partial charge in [0.25, 0.3) is 0 Å². The molecule has 10 aliphatic rings. The first-order valence-corrected chi connectivity index (χ1v) is 26.6. The van der Waals surface area contributed by atoms with Crippen molar-refractivity contribution in [1.29, 1.82) is 0 Å². The molecule has 1 spiro atoms. The summed E-state index contributed by atoms with van der Waals surface area (Å²) in [7, 11) is 0. The summed E-state index contributed by atoms with van der Waals surface area (Å²) in [6.45, 7) is 0. The number of fused-ring (bicyclic) bond motifs is 11. The SMILES string of the molecule is c1ccc(N(c2ccc(-c3cccc4ccccc34)cc2)c2cccc3c2-c2ccccc2C32c3cc(C4C5CC6CC(C5)CC4C6)ccc3-c3ccc(C4C5CC6CC(C5)CC4C6)cc32)cc1. The Labute approximate surface area is 402 Å². The average molecular weight is 878 g/mol. The average Bonchev–Trinajstić information content (AvgIpc) is 3.83. The summed E-state index contributed by atoms with van der Waals surface area (Å²) >= 11 is 0. The van der Waals surface area contributed by atoms with E-state index in [1.807, 2.05) is 0 Å². The van der Waals surface area contributed by atoms with Crippen molar-refractivity contribution in [2.24, 2.45) is 47.3 Å². The lowest BCUT2D eigenvalue weighted by atomic mass is 9.50. The van der Waals surface area contributed by atoms with Gasteiger partial charge in [-0.1, -0.05) is 146 Å². The number of rotatable bonds is 6. The predicted octanol–water partition coefficient (Wildman–Crippen LogP) is 17.4. The Balaban J connectivity index is 0.910. The van der Waals surface area contributed by atoms with Crippen molar-refractivity contribution >= 4 is 27.8 Å². The molecule has 10 aliphatic carbocycles. The molecule has 0 atom stereocenters. The van der Waals surface area contributed by atoms with Crippen LogP contribution in [0.15, 0.2) is 176 Å². The molecule has 18 rings (SSSR count). The van der Waals surface area contributed by atoms with Gasteiger partial charge in [0.2, 0.25) is 0 Å². The molecule has 0 saturated heterocycles. The van der Waals surface area contributed by atoms with E-state index in [1.165, 1.54) is 148 Å². The zero-order chi connectivity index (χ0) is 44.2. The quantitative estimate of drug-likeness (QED) is 0.161. The molecule has 332 valence electrons. The number of hydrogen-bond acceptors (Lipinski definition) is 1. The molecule has 0 heterocycles. The molecule has 8 saturated carbocycles. The van der Waals surface area contributed by atoms with Crippen LogP contribution in [0.1, 0.15) is 109 Å². The monoisotopic (exact) mass is 877 g/mol. The zero-order valence-electron chi connectivity index (χ0n) is 39.0. The van der Waals surface area contributed by atoms with E-state index in [1.54, 1.807) is 11.1 Å². The fourth-order valence-corrected chi connectivity index (χ4v) is 18.1. The van der Waals surface area contributed by atoms with Crippen LogP contribution in [0.3, 0.4) is 0 Å². The highest BCUT2D eigenvalue weighted by molar-refractivity contribution is 6.02. The number of benzene rings is 8. The summed E-state index contributed by atoms with van der Waals surface area (Å²) in [6.07, 6.45) is 14.6. The molecule has 0 radical (unpaired) electrons. The third-order valence-electron chi connectivity index (χ3n) is 19.9. The van der Waals surface area contributed by atoms with E-state index < -0.39 is 5.41 Å². The van der Waals surface area contributed by atoms with Crippen molar-refractivity contribution in [2.45, 2.75) is 81.5 Å². The number of nitrogens with zero attached hydrogens (tertiary/aromatic N) is 1. The van der Waals surface area contributed by atoms with Gasteiger partial charge in [0.05, 0.1) is 11.1 Å². The molecule has 8 bridgehead atoms. The predicted molar refractivity (Wildman–Crippen MR) is 280 cm³/mol. The van der Waals surface area contributed by atoms with Crippen molar-refractivity contribution in [3.8, 4) is 33.4 Å². The van der Waals surface area contributed by atoms with Gasteiger partial charge in [0.1, 0.15) is 0 Å². The highest BCUT2D eigenvalue weighted by Crippen LogP contribution is 2.68. The van der Waals surface area contributed by atoms with Crippen LogP contribution in [-0.2, 0) is 5.41 Å². The molecule has 68 heavy (non-hydrogen) atoms. The first-order valence-electron chi connectivity index (χ1n) is 26.6. The fourth-order valence-electron chi connectivity index (χ4n) is 18.1. The first kappa shape index (κ1) is 38.8. The van der Waals surface area contributed by atoms with Gasteiger partial charge in [-0.05, 0) is 226 Å². The minimum Gasteiger partial charge on any atom is -0.310 e. The topological polar surface area (TPSA) is 3.24 Å². The summed E-state index contributed by atoms with van der Waals surface area (Å²) in [6, 6.07) is 69.0. The van der Waals surface area contributed by atoms with Gasteiger partial charge >= 0.3 is 0 Å². The Morgan fingerprint density at radius 2 is 0.853 bits per heavy atom. The van der Waals surface area contributed by atoms with Crippen molar-refractivity contribution in [1.82, 2.24) is 0 Å². The molecule has 0 aliphatic heterocycles. The molecule has 0 amide bonds. The molecule has 0 aromatic heterocycles. The summed E-state index contributed by atoms with van der Waals surface area (Å²) in [4.78, 5) is 2.55. The number of anilines is 3. The van der Waals surface area contributed by atoms with Gasteiger partial charge in [-0.25, -0.2) is 0 Å². The van der Waals surface area contributed by atoms with E-state index in [-0.39, 0.29) is 0 Å². The lowest BCUT2D eigenvalue weighted by Gasteiger charge is -2.54. The second kappa shape index (κ2) is 14.4. The minimum absolute atomic E-state index is 0.406. The van der Waals surface area contributed by atoms with Gasteiger partial charge in [0, 0.05) is 16.9 Å². The van der Waals surface area contributed by atoms with E-state index in [0.29, 0.717) is 11.8 Å². The van der Waals surface area contributed by atoms with Crippen LogP contribution in [0.25, 0.3) is 44.2 Å². The summed E-state index contributed by atoms with van der Waals surface area (Å²) < 4.78 is 0. The van der Waals surface area contributed by atoms with E-state index in [9.17, 15) is 0 Å². The van der Waals surface area contributed by atoms with Crippen molar-refractivity contribution in [3.63, 3.8) is 0 Å². The fraction of sp³-hybridized carbons (Fsp3) is 0.313. The maximum absolute atomic E-state index is 2.80. The second-order valence-electron chi connectivity index (χ2n) is 23.3. The lowest BCUT2D eigenvalue weighted by molar-refractivity contribution is -0.00283. The zero-order valence-corrected chi connectivity index (χ0v) is 39.0. The van der Waals surface area contributed by atoms with E-state index in [4.69, 9.17) is 0 Å². The summed E-state index contributed by atoms with van der Waals surface area (Å²) in [5, 5.41) is 2.57. The minimum atomic E-state index is -0.406. The van der Waals surface area contributed by atoms with Gasteiger partial charge in [-0.3, -0.25) is 0 Å². The molecule has 0 N–H and O–H groups in total. The molecule has 1 heteroatoms. The highest BCUT2D eigenvalue weighted by Gasteiger charge is 2.55. The van der Waals surface area contributed by atoms with Crippen LogP contribution in [0.5, 0.6) is 0 Å². The number of hydrogen-bond donors (Lipinski definition) is 0. The Hall–Kier alpha value is -6.18. The first-order chi connectivity index (χ1) is 33.6. The van der Waals surface area contributed by atoms with E-state index >= 15 is 0 Å². The smallest absolute Gasteiger partial charge is 0.0726 e. The maximum Gasteiger partial charge on any atom is 0.0726 e. The molecule has 0 unspecified atom stereocenters. The van der Waals surface area contributed by atoms with Crippen molar-refractivity contribution in [3.05, 3.63) is 209 Å². The molecule has 8 aromatic rings. The third kappa shape index (κ3) is 5.40. The maximum atomic E-state index is 2.80. The number of para-hydroxylation sites is 1.